The van der Waals surface area contributed by atoms with Crippen LogP contribution in [0.4, 0.5) is 11.4 Å². The standard InChI is InChI=1S/C29H23N3O4S/c1-19-9-11-20(12-10-19)27(33)31-22-13-15-24(16-14-22)37-26-25(30-21-6-3-2-4-7-21)28(34)32(29(26)35)18-23-8-5-17-36-23/h2-17,30H,18H2,1H3,(H,31,33). The van der Waals surface area contributed by atoms with E-state index in [-0.39, 0.29) is 23.1 Å². The maximum atomic E-state index is 13.3. The van der Waals surface area contributed by atoms with Crippen molar-refractivity contribution in [2.75, 3.05) is 10.6 Å². The highest BCUT2D eigenvalue weighted by atomic mass is 32.2. The van der Waals surface area contributed by atoms with Crippen LogP contribution in [0, 0.1) is 6.92 Å². The molecule has 4 aromatic rings. The average molecular weight is 510 g/mol. The van der Waals surface area contributed by atoms with E-state index in [1.165, 1.54) is 22.9 Å². The molecule has 3 aromatic carbocycles. The van der Waals surface area contributed by atoms with E-state index in [2.05, 4.69) is 10.6 Å². The number of amides is 3. The number of nitrogens with one attached hydrogen (secondary N) is 2. The topological polar surface area (TPSA) is 91.7 Å². The van der Waals surface area contributed by atoms with Crippen LogP contribution in [0.1, 0.15) is 21.7 Å². The molecule has 1 aliphatic heterocycles. The lowest BCUT2D eigenvalue weighted by molar-refractivity contribution is -0.138. The van der Waals surface area contributed by atoms with Crippen molar-refractivity contribution < 1.29 is 18.8 Å². The second-order valence-electron chi connectivity index (χ2n) is 8.42. The number of anilines is 2. The van der Waals surface area contributed by atoms with Crippen molar-refractivity contribution in [1.29, 1.82) is 0 Å². The van der Waals surface area contributed by atoms with E-state index < -0.39 is 11.8 Å². The lowest BCUT2D eigenvalue weighted by Gasteiger charge is -2.13. The summed E-state index contributed by atoms with van der Waals surface area (Å²) in [5, 5.41) is 6.00. The van der Waals surface area contributed by atoms with E-state index in [1.807, 2.05) is 49.4 Å². The van der Waals surface area contributed by atoms with Gasteiger partial charge in [0.2, 0.25) is 0 Å². The Hall–Kier alpha value is -4.56. The highest BCUT2D eigenvalue weighted by molar-refractivity contribution is 8.04. The van der Waals surface area contributed by atoms with Crippen LogP contribution < -0.4 is 10.6 Å². The molecule has 0 fully saturated rings. The Bertz CT molecular complexity index is 1460. The van der Waals surface area contributed by atoms with Gasteiger partial charge in [-0.1, -0.05) is 47.7 Å². The van der Waals surface area contributed by atoms with Crippen molar-refractivity contribution in [3.63, 3.8) is 0 Å². The number of rotatable bonds is 8. The lowest BCUT2D eigenvalue weighted by Crippen LogP contribution is -2.31. The summed E-state index contributed by atoms with van der Waals surface area (Å²) in [5.74, 6) is -0.514. The number of carbonyl (C=O) groups excluding carboxylic acids is 3. The molecule has 0 unspecified atom stereocenters. The van der Waals surface area contributed by atoms with Gasteiger partial charge in [0.25, 0.3) is 17.7 Å². The van der Waals surface area contributed by atoms with Crippen molar-refractivity contribution in [3.8, 4) is 0 Å². The molecule has 2 heterocycles. The van der Waals surface area contributed by atoms with E-state index in [4.69, 9.17) is 4.42 Å². The Morgan fingerprint density at radius 1 is 0.838 bits per heavy atom. The minimum absolute atomic E-state index is 0.0404. The molecule has 3 amide bonds. The summed E-state index contributed by atoms with van der Waals surface area (Å²) in [6.07, 6.45) is 1.51. The zero-order chi connectivity index (χ0) is 25.8. The van der Waals surface area contributed by atoms with Crippen molar-refractivity contribution in [2.24, 2.45) is 0 Å². The molecule has 0 spiro atoms. The predicted octanol–water partition coefficient (Wildman–Crippen LogP) is 5.83. The molecule has 0 aliphatic carbocycles. The number of aryl methyl sites for hydroxylation is 1. The number of imide groups is 1. The van der Waals surface area contributed by atoms with E-state index in [1.54, 1.807) is 48.5 Å². The first-order chi connectivity index (χ1) is 18.0. The molecule has 7 nitrogen and oxygen atoms in total. The highest BCUT2D eigenvalue weighted by Crippen LogP contribution is 2.37. The van der Waals surface area contributed by atoms with Gasteiger partial charge < -0.3 is 15.1 Å². The Labute approximate surface area is 218 Å². The Morgan fingerprint density at radius 2 is 1.57 bits per heavy atom. The molecule has 0 radical (unpaired) electrons. The average Bonchev–Trinajstić information content (AvgIpc) is 3.50. The van der Waals surface area contributed by atoms with Crippen LogP contribution in [-0.2, 0) is 16.1 Å². The quantitative estimate of drug-likeness (QED) is 0.291. The number of carbonyl (C=O) groups is 3. The first-order valence-electron chi connectivity index (χ1n) is 11.6. The third-order valence-electron chi connectivity index (χ3n) is 5.71. The molecule has 0 atom stereocenters. The van der Waals surface area contributed by atoms with E-state index >= 15 is 0 Å². The van der Waals surface area contributed by atoms with E-state index in [0.29, 0.717) is 22.7 Å². The second-order valence-corrected chi connectivity index (χ2v) is 9.50. The van der Waals surface area contributed by atoms with Crippen molar-refractivity contribution >= 4 is 40.9 Å². The predicted molar refractivity (Wildman–Crippen MR) is 143 cm³/mol. The zero-order valence-electron chi connectivity index (χ0n) is 19.9. The summed E-state index contributed by atoms with van der Waals surface area (Å²) < 4.78 is 5.36. The van der Waals surface area contributed by atoms with Crippen LogP contribution in [0.5, 0.6) is 0 Å². The molecular formula is C29H23N3O4S. The van der Waals surface area contributed by atoms with Crippen LogP contribution in [-0.4, -0.2) is 22.6 Å². The van der Waals surface area contributed by atoms with Gasteiger partial charge in [-0.15, -0.1) is 0 Å². The Kier molecular flexibility index (Phi) is 6.91. The van der Waals surface area contributed by atoms with Crippen LogP contribution in [0.3, 0.4) is 0 Å². The van der Waals surface area contributed by atoms with Gasteiger partial charge in [0.1, 0.15) is 16.4 Å². The number of nitrogens with zero attached hydrogens (tertiary/aromatic N) is 1. The highest BCUT2D eigenvalue weighted by Gasteiger charge is 2.39. The summed E-state index contributed by atoms with van der Waals surface area (Å²) in [5.41, 5.74) is 3.18. The van der Waals surface area contributed by atoms with Crippen LogP contribution in [0.15, 0.2) is 117 Å². The van der Waals surface area contributed by atoms with Gasteiger partial charge >= 0.3 is 0 Å². The molecule has 1 aliphatic rings. The third kappa shape index (κ3) is 5.49. The van der Waals surface area contributed by atoms with Gasteiger partial charge in [0, 0.05) is 21.8 Å². The van der Waals surface area contributed by atoms with Gasteiger partial charge in [-0.3, -0.25) is 19.3 Å². The molecule has 8 heteroatoms. The van der Waals surface area contributed by atoms with Gasteiger partial charge in [0.15, 0.2) is 0 Å². The van der Waals surface area contributed by atoms with Crippen LogP contribution >= 0.6 is 11.8 Å². The minimum Gasteiger partial charge on any atom is -0.467 e. The van der Waals surface area contributed by atoms with Crippen LogP contribution in [0.2, 0.25) is 0 Å². The Balaban J connectivity index is 1.35. The number of hydrogen-bond acceptors (Lipinski definition) is 6. The first-order valence-corrected chi connectivity index (χ1v) is 12.4. The summed E-state index contributed by atoms with van der Waals surface area (Å²) >= 11 is 1.19. The number of para-hydroxylation sites is 1. The lowest BCUT2D eigenvalue weighted by atomic mass is 10.1. The summed E-state index contributed by atoms with van der Waals surface area (Å²) in [6.45, 7) is 2.01. The largest absolute Gasteiger partial charge is 0.467 e. The summed E-state index contributed by atoms with van der Waals surface area (Å²) in [6, 6.07) is 27.1. The van der Waals surface area contributed by atoms with Gasteiger partial charge in [-0.2, -0.15) is 0 Å². The molecule has 2 N–H and O–H groups in total. The zero-order valence-corrected chi connectivity index (χ0v) is 20.7. The van der Waals surface area contributed by atoms with Crippen molar-refractivity contribution in [1.82, 2.24) is 4.90 Å². The second kappa shape index (κ2) is 10.6. The van der Waals surface area contributed by atoms with Crippen molar-refractivity contribution in [3.05, 3.63) is 125 Å². The normalized spacial score (nSPS) is 13.3. The molecule has 5 rings (SSSR count). The van der Waals surface area contributed by atoms with Crippen molar-refractivity contribution in [2.45, 2.75) is 18.4 Å². The fourth-order valence-corrected chi connectivity index (χ4v) is 4.70. The summed E-state index contributed by atoms with van der Waals surface area (Å²) in [4.78, 5) is 41.3. The minimum atomic E-state index is -0.422. The fraction of sp³-hybridized carbons (Fsp3) is 0.0690. The van der Waals surface area contributed by atoms with Crippen LogP contribution in [0.25, 0.3) is 0 Å². The molecule has 0 saturated heterocycles. The molecule has 1 aromatic heterocycles. The number of hydrogen-bond donors (Lipinski definition) is 2. The van der Waals surface area contributed by atoms with E-state index in [9.17, 15) is 14.4 Å². The van der Waals surface area contributed by atoms with E-state index in [0.717, 1.165) is 10.5 Å². The van der Waals surface area contributed by atoms with Gasteiger partial charge in [-0.25, -0.2) is 0 Å². The third-order valence-corrected chi connectivity index (χ3v) is 6.80. The molecular weight excluding hydrogens is 486 g/mol. The summed E-state index contributed by atoms with van der Waals surface area (Å²) in [7, 11) is 0. The number of thioether (sulfide) groups is 1. The molecule has 184 valence electrons. The fourth-order valence-electron chi connectivity index (χ4n) is 3.76. The smallest absolute Gasteiger partial charge is 0.278 e. The number of furan rings is 1. The maximum Gasteiger partial charge on any atom is 0.278 e. The molecule has 0 bridgehead atoms. The SMILES string of the molecule is Cc1ccc(C(=O)Nc2ccc(SC3=C(Nc4ccccc4)C(=O)N(Cc4ccco4)C3=O)cc2)cc1. The molecule has 37 heavy (non-hydrogen) atoms. The first kappa shape index (κ1) is 24.1. The van der Waals surface area contributed by atoms with Gasteiger partial charge in [0.05, 0.1) is 12.8 Å². The molecule has 0 saturated carbocycles. The Morgan fingerprint density at radius 3 is 2.24 bits per heavy atom. The maximum absolute atomic E-state index is 13.3. The van der Waals surface area contributed by atoms with Gasteiger partial charge in [-0.05, 0) is 67.6 Å². The monoisotopic (exact) mass is 509 g/mol. The number of benzene rings is 3.